The molecule has 7 heteroatoms. The topological polar surface area (TPSA) is 62.6 Å². The van der Waals surface area contributed by atoms with Gasteiger partial charge in [-0.2, -0.15) is 0 Å². The highest BCUT2D eigenvalue weighted by Crippen LogP contribution is 2.38. The van der Waals surface area contributed by atoms with Gasteiger partial charge < -0.3 is 14.6 Å². The van der Waals surface area contributed by atoms with Gasteiger partial charge in [0.2, 0.25) is 11.8 Å². The third-order valence-corrected chi connectivity index (χ3v) is 5.56. The first-order valence-electron chi connectivity index (χ1n) is 7.52. The number of rotatable bonds is 4. The number of thioether (sulfide) groups is 1. The van der Waals surface area contributed by atoms with Crippen molar-refractivity contribution in [1.29, 1.82) is 0 Å². The molecular weight excluding hydrogens is 348 g/mol. The second kappa shape index (κ2) is 6.91. The fourth-order valence-electron chi connectivity index (χ4n) is 2.50. The highest BCUT2D eigenvalue weighted by molar-refractivity contribution is 8.01. The molecular formula is C17H17ClN2O3S. The lowest BCUT2D eigenvalue weighted by Crippen LogP contribution is -2.36. The average molecular weight is 365 g/mol. The van der Waals surface area contributed by atoms with Gasteiger partial charge in [0.15, 0.2) is 0 Å². The van der Waals surface area contributed by atoms with Crippen molar-refractivity contribution < 1.29 is 14.0 Å². The first-order valence-corrected chi connectivity index (χ1v) is 8.77. The van der Waals surface area contributed by atoms with Crippen molar-refractivity contribution in [3.05, 3.63) is 47.4 Å². The fraction of sp³-hybridized carbons (Fsp3) is 0.294. The van der Waals surface area contributed by atoms with Gasteiger partial charge in [0.05, 0.1) is 23.2 Å². The molecule has 1 aliphatic heterocycles. The summed E-state index contributed by atoms with van der Waals surface area (Å²) in [6.45, 7) is 1.89. The minimum absolute atomic E-state index is 0.107. The van der Waals surface area contributed by atoms with E-state index >= 15 is 0 Å². The van der Waals surface area contributed by atoms with Gasteiger partial charge in [-0.05, 0) is 37.3 Å². The van der Waals surface area contributed by atoms with Crippen molar-refractivity contribution in [3.8, 4) is 0 Å². The lowest BCUT2D eigenvalue weighted by atomic mass is 10.2. The molecule has 1 aromatic heterocycles. The standard InChI is InChI=1S/C17H17ClN2O3S/c1-10(13-4-3-7-23-13)20(2)16(21)9-15-17(22)19-12-8-11(18)5-6-14(12)24-15/h3-8,10,15H,9H2,1-2H3,(H,19,22). The van der Waals surface area contributed by atoms with Crippen LogP contribution in [-0.2, 0) is 9.59 Å². The zero-order valence-electron chi connectivity index (χ0n) is 13.3. The lowest BCUT2D eigenvalue weighted by Gasteiger charge is -2.27. The van der Waals surface area contributed by atoms with E-state index in [2.05, 4.69) is 5.32 Å². The number of nitrogens with zero attached hydrogens (tertiary/aromatic N) is 1. The summed E-state index contributed by atoms with van der Waals surface area (Å²) in [4.78, 5) is 27.3. The van der Waals surface area contributed by atoms with Crippen LogP contribution in [-0.4, -0.2) is 29.0 Å². The van der Waals surface area contributed by atoms with E-state index in [1.165, 1.54) is 11.8 Å². The first-order chi connectivity index (χ1) is 11.5. The van der Waals surface area contributed by atoms with E-state index in [9.17, 15) is 9.59 Å². The Morgan fingerprint density at radius 2 is 2.25 bits per heavy atom. The highest BCUT2D eigenvalue weighted by atomic mass is 35.5. The van der Waals surface area contributed by atoms with Crippen LogP contribution in [0.15, 0.2) is 45.9 Å². The summed E-state index contributed by atoms with van der Waals surface area (Å²) in [6.07, 6.45) is 1.71. The van der Waals surface area contributed by atoms with Gasteiger partial charge >= 0.3 is 0 Å². The van der Waals surface area contributed by atoms with Crippen LogP contribution >= 0.6 is 23.4 Å². The molecule has 0 radical (unpaired) electrons. The molecule has 0 spiro atoms. The minimum Gasteiger partial charge on any atom is -0.467 e. The highest BCUT2D eigenvalue weighted by Gasteiger charge is 2.31. The van der Waals surface area contributed by atoms with Gasteiger partial charge in [0, 0.05) is 23.4 Å². The van der Waals surface area contributed by atoms with Gasteiger partial charge in [-0.25, -0.2) is 0 Å². The molecule has 5 nitrogen and oxygen atoms in total. The predicted molar refractivity (Wildman–Crippen MR) is 94.2 cm³/mol. The summed E-state index contributed by atoms with van der Waals surface area (Å²) in [5.41, 5.74) is 0.693. The van der Waals surface area contributed by atoms with E-state index in [0.717, 1.165) is 4.90 Å². The second-order valence-electron chi connectivity index (χ2n) is 5.64. The van der Waals surface area contributed by atoms with E-state index in [0.29, 0.717) is 16.5 Å². The summed E-state index contributed by atoms with van der Waals surface area (Å²) in [5.74, 6) is 0.428. The van der Waals surface area contributed by atoms with Gasteiger partial charge in [-0.1, -0.05) is 11.6 Å². The smallest absolute Gasteiger partial charge is 0.238 e. The summed E-state index contributed by atoms with van der Waals surface area (Å²) < 4.78 is 5.34. The summed E-state index contributed by atoms with van der Waals surface area (Å²) in [7, 11) is 1.72. The van der Waals surface area contributed by atoms with E-state index in [-0.39, 0.29) is 24.3 Å². The SMILES string of the molecule is CC(c1ccco1)N(C)C(=O)CC1Sc2ccc(Cl)cc2NC1=O. The van der Waals surface area contributed by atoms with Gasteiger partial charge in [0.25, 0.3) is 0 Å². The second-order valence-corrected chi connectivity index (χ2v) is 7.32. The van der Waals surface area contributed by atoms with Crippen molar-refractivity contribution in [2.75, 3.05) is 12.4 Å². The zero-order valence-corrected chi connectivity index (χ0v) is 14.9. The Balaban J connectivity index is 1.68. The molecule has 0 fully saturated rings. The summed E-state index contributed by atoms with van der Waals surface area (Å²) >= 11 is 7.33. The molecule has 2 aromatic rings. The van der Waals surface area contributed by atoms with Crippen LogP contribution < -0.4 is 5.32 Å². The Bertz CT molecular complexity index is 763. The monoisotopic (exact) mass is 364 g/mol. The number of amides is 2. The van der Waals surface area contributed by atoms with E-state index in [1.54, 1.807) is 36.4 Å². The Labute approximate surface area is 149 Å². The number of hydrogen-bond acceptors (Lipinski definition) is 4. The number of furan rings is 1. The van der Waals surface area contributed by atoms with Crippen LogP contribution in [0.4, 0.5) is 5.69 Å². The molecule has 1 aliphatic rings. The molecule has 2 heterocycles. The number of halogens is 1. The Kier molecular flexibility index (Phi) is 4.87. The molecule has 3 rings (SSSR count). The third kappa shape index (κ3) is 3.44. The van der Waals surface area contributed by atoms with Crippen molar-refractivity contribution >= 4 is 40.9 Å². The number of hydrogen-bond donors (Lipinski definition) is 1. The maximum absolute atomic E-state index is 12.5. The number of carbonyl (C=O) groups excluding carboxylic acids is 2. The quantitative estimate of drug-likeness (QED) is 0.892. The molecule has 2 unspecified atom stereocenters. The molecule has 1 aromatic carbocycles. The minimum atomic E-state index is -0.461. The Hall–Kier alpha value is -1.92. The largest absolute Gasteiger partial charge is 0.467 e. The third-order valence-electron chi connectivity index (χ3n) is 4.05. The molecule has 2 amide bonds. The first kappa shape index (κ1) is 16.9. The lowest BCUT2D eigenvalue weighted by molar-refractivity contribution is -0.133. The maximum atomic E-state index is 12.5. The number of benzene rings is 1. The van der Waals surface area contributed by atoms with Crippen LogP contribution in [0, 0.1) is 0 Å². The molecule has 24 heavy (non-hydrogen) atoms. The number of nitrogens with one attached hydrogen (secondary N) is 1. The molecule has 0 aliphatic carbocycles. The molecule has 126 valence electrons. The van der Waals surface area contributed by atoms with Gasteiger partial charge in [-0.3, -0.25) is 9.59 Å². The predicted octanol–water partition coefficient (Wildman–Crippen LogP) is 3.96. The van der Waals surface area contributed by atoms with E-state index in [1.807, 2.05) is 19.1 Å². The number of anilines is 1. The number of fused-ring (bicyclic) bond motifs is 1. The van der Waals surface area contributed by atoms with Crippen LogP contribution in [0.3, 0.4) is 0 Å². The molecule has 0 saturated heterocycles. The molecule has 0 saturated carbocycles. The zero-order chi connectivity index (χ0) is 17.3. The van der Waals surface area contributed by atoms with Crippen LogP contribution in [0.25, 0.3) is 0 Å². The average Bonchev–Trinajstić information content (AvgIpc) is 3.08. The normalized spacial score (nSPS) is 17.8. The van der Waals surface area contributed by atoms with Crippen LogP contribution in [0.1, 0.15) is 25.1 Å². The summed E-state index contributed by atoms with van der Waals surface area (Å²) in [6, 6.07) is 8.77. The van der Waals surface area contributed by atoms with E-state index in [4.69, 9.17) is 16.0 Å². The van der Waals surface area contributed by atoms with E-state index < -0.39 is 5.25 Å². The van der Waals surface area contributed by atoms with Crippen LogP contribution in [0.5, 0.6) is 0 Å². The molecule has 1 N–H and O–H groups in total. The molecule has 2 atom stereocenters. The molecule has 0 bridgehead atoms. The van der Waals surface area contributed by atoms with Gasteiger partial charge in [0.1, 0.15) is 5.76 Å². The van der Waals surface area contributed by atoms with Crippen molar-refractivity contribution in [1.82, 2.24) is 4.90 Å². The van der Waals surface area contributed by atoms with Crippen molar-refractivity contribution in [3.63, 3.8) is 0 Å². The van der Waals surface area contributed by atoms with Crippen molar-refractivity contribution in [2.45, 2.75) is 29.5 Å². The number of carbonyl (C=O) groups is 2. The van der Waals surface area contributed by atoms with Gasteiger partial charge in [-0.15, -0.1) is 11.8 Å². The van der Waals surface area contributed by atoms with Crippen LogP contribution in [0.2, 0.25) is 5.02 Å². The van der Waals surface area contributed by atoms with Crippen molar-refractivity contribution in [2.24, 2.45) is 0 Å². The Morgan fingerprint density at radius 3 is 2.96 bits per heavy atom. The fourth-order valence-corrected chi connectivity index (χ4v) is 3.75. The maximum Gasteiger partial charge on any atom is 0.238 e. The summed E-state index contributed by atoms with van der Waals surface area (Å²) in [5, 5.41) is 2.92. The Morgan fingerprint density at radius 1 is 1.46 bits per heavy atom.